The molecule has 0 aliphatic rings. The van der Waals surface area contributed by atoms with Crippen LogP contribution in [0, 0.1) is 0 Å². The second-order valence-corrected chi connectivity index (χ2v) is 5.97. The SMILES string of the molecule is CCc1ccc(Nc2cccc(S(N)(=O)=O)c2N)cc1. The Kier molecular flexibility index (Phi) is 3.96. The molecule has 5 nitrogen and oxygen atoms in total. The molecular formula is C14H17N3O2S. The number of nitrogens with two attached hydrogens (primary N) is 2. The Hall–Kier alpha value is -2.05. The van der Waals surface area contributed by atoms with E-state index in [2.05, 4.69) is 12.2 Å². The molecule has 0 amide bonds. The first kappa shape index (κ1) is 14.4. The van der Waals surface area contributed by atoms with Crippen molar-refractivity contribution in [1.29, 1.82) is 0 Å². The number of para-hydroxylation sites is 1. The van der Waals surface area contributed by atoms with E-state index in [0.29, 0.717) is 5.69 Å². The van der Waals surface area contributed by atoms with Crippen LogP contribution in [0.2, 0.25) is 0 Å². The monoisotopic (exact) mass is 291 g/mol. The van der Waals surface area contributed by atoms with Crippen LogP contribution >= 0.6 is 0 Å². The summed E-state index contributed by atoms with van der Waals surface area (Å²) in [4.78, 5) is -0.0762. The van der Waals surface area contributed by atoms with Crippen molar-refractivity contribution in [3.05, 3.63) is 48.0 Å². The van der Waals surface area contributed by atoms with Crippen LogP contribution in [0.4, 0.5) is 17.1 Å². The third-order valence-corrected chi connectivity index (χ3v) is 3.98. The fourth-order valence-electron chi connectivity index (χ4n) is 1.88. The van der Waals surface area contributed by atoms with Crippen LogP contribution < -0.4 is 16.2 Å². The van der Waals surface area contributed by atoms with Crippen molar-refractivity contribution in [1.82, 2.24) is 0 Å². The number of hydrogen-bond acceptors (Lipinski definition) is 4. The average molecular weight is 291 g/mol. The van der Waals surface area contributed by atoms with Gasteiger partial charge in [-0.1, -0.05) is 25.1 Å². The lowest BCUT2D eigenvalue weighted by Crippen LogP contribution is -2.15. The Morgan fingerprint density at radius 2 is 1.75 bits per heavy atom. The Balaban J connectivity index is 2.34. The van der Waals surface area contributed by atoms with E-state index in [1.807, 2.05) is 24.3 Å². The molecule has 106 valence electrons. The summed E-state index contributed by atoms with van der Waals surface area (Å²) in [5.41, 5.74) is 8.54. The van der Waals surface area contributed by atoms with E-state index < -0.39 is 10.0 Å². The van der Waals surface area contributed by atoms with E-state index in [-0.39, 0.29) is 10.6 Å². The number of anilines is 3. The van der Waals surface area contributed by atoms with E-state index >= 15 is 0 Å². The normalized spacial score (nSPS) is 11.3. The summed E-state index contributed by atoms with van der Waals surface area (Å²) in [5.74, 6) is 0. The van der Waals surface area contributed by atoms with Gasteiger partial charge in [0.15, 0.2) is 0 Å². The van der Waals surface area contributed by atoms with Gasteiger partial charge < -0.3 is 11.1 Å². The van der Waals surface area contributed by atoms with Crippen molar-refractivity contribution in [2.45, 2.75) is 18.2 Å². The molecule has 0 saturated carbocycles. The summed E-state index contributed by atoms with van der Waals surface area (Å²) >= 11 is 0. The Labute approximate surface area is 118 Å². The highest BCUT2D eigenvalue weighted by molar-refractivity contribution is 7.89. The molecular weight excluding hydrogens is 274 g/mol. The van der Waals surface area contributed by atoms with Gasteiger partial charge in [0.2, 0.25) is 10.0 Å². The fourth-order valence-corrected chi connectivity index (χ4v) is 2.57. The van der Waals surface area contributed by atoms with Crippen LogP contribution in [0.15, 0.2) is 47.4 Å². The second kappa shape index (κ2) is 5.52. The van der Waals surface area contributed by atoms with Crippen LogP contribution in [-0.2, 0) is 16.4 Å². The van der Waals surface area contributed by atoms with Crippen LogP contribution in [0.5, 0.6) is 0 Å². The van der Waals surface area contributed by atoms with E-state index in [1.165, 1.54) is 11.6 Å². The molecule has 0 saturated heterocycles. The van der Waals surface area contributed by atoms with Crippen LogP contribution in [0.1, 0.15) is 12.5 Å². The third kappa shape index (κ3) is 3.09. The summed E-state index contributed by atoms with van der Waals surface area (Å²) in [6.45, 7) is 2.08. The molecule has 5 N–H and O–H groups in total. The zero-order valence-corrected chi connectivity index (χ0v) is 11.9. The lowest BCUT2D eigenvalue weighted by molar-refractivity contribution is 0.598. The highest BCUT2D eigenvalue weighted by Gasteiger charge is 2.14. The minimum absolute atomic E-state index is 0.0762. The predicted octanol–water partition coefficient (Wildman–Crippen LogP) is 2.22. The minimum atomic E-state index is -3.82. The van der Waals surface area contributed by atoms with Gasteiger partial charge in [-0.15, -0.1) is 0 Å². The van der Waals surface area contributed by atoms with E-state index in [4.69, 9.17) is 10.9 Å². The number of sulfonamides is 1. The van der Waals surface area contributed by atoms with Gasteiger partial charge in [-0.3, -0.25) is 0 Å². The van der Waals surface area contributed by atoms with Crippen molar-refractivity contribution < 1.29 is 8.42 Å². The molecule has 2 aromatic rings. The molecule has 0 radical (unpaired) electrons. The van der Waals surface area contributed by atoms with E-state index in [0.717, 1.165) is 12.1 Å². The summed E-state index contributed by atoms with van der Waals surface area (Å²) in [6.07, 6.45) is 0.962. The fraction of sp³-hybridized carbons (Fsp3) is 0.143. The van der Waals surface area contributed by atoms with Crippen LogP contribution in [0.25, 0.3) is 0 Å². The van der Waals surface area contributed by atoms with Gasteiger partial charge in [-0.05, 0) is 36.2 Å². The van der Waals surface area contributed by atoms with E-state index in [1.54, 1.807) is 12.1 Å². The molecule has 0 aliphatic heterocycles. The number of nitrogen functional groups attached to an aromatic ring is 1. The zero-order valence-electron chi connectivity index (χ0n) is 11.1. The first-order chi connectivity index (χ1) is 9.41. The van der Waals surface area contributed by atoms with Crippen molar-refractivity contribution in [3.8, 4) is 0 Å². The predicted molar refractivity (Wildman–Crippen MR) is 81.3 cm³/mol. The summed E-state index contributed by atoms with van der Waals surface area (Å²) in [7, 11) is -3.82. The van der Waals surface area contributed by atoms with Gasteiger partial charge in [0, 0.05) is 5.69 Å². The molecule has 2 rings (SSSR count). The lowest BCUT2D eigenvalue weighted by Gasteiger charge is -2.12. The number of rotatable bonds is 4. The number of aryl methyl sites for hydroxylation is 1. The molecule has 0 aromatic heterocycles. The number of nitrogens with one attached hydrogen (secondary N) is 1. The Bertz CT molecular complexity index is 710. The summed E-state index contributed by atoms with van der Waals surface area (Å²) in [6, 6.07) is 12.5. The van der Waals surface area contributed by atoms with Crippen molar-refractivity contribution in [2.75, 3.05) is 11.1 Å². The molecule has 6 heteroatoms. The molecule has 0 aliphatic carbocycles. The van der Waals surface area contributed by atoms with Gasteiger partial charge in [0.05, 0.1) is 11.4 Å². The maximum atomic E-state index is 11.4. The number of primary sulfonamides is 1. The molecule has 0 spiro atoms. The van der Waals surface area contributed by atoms with Gasteiger partial charge in [-0.25, -0.2) is 13.6 Å². The molecule has 2 aromatic carbocycles. The quantitative estimate of drug-likeness (QED) is 0.752. The molecule has 20 heavy (non-hydrogen) atoms. The number of benzene rings is 2. The van der Waals surface area contributed by atoms with Gasteiger partial charge in [0.25, 0.3) is 0 Å². The van der Waals surface area contributed by atoms with Crippen molar-refractivity contribution in [3.63, 3.8) is 0 Å². The first-order valence-electron chi connectivity index (χ1n) is 6.19. The summed E-state index contributed by atoms with van der Waals surface area (Å²) < 4.78 is 22.8. The lowest BCUT2D eigenvalue weighted by atomic mass is 10.1. The third-order valence-electron chi connectivity index (χ3n) is 3.01. The highest BCUT2D eigenvalue weighted by Crippen LogP contribution is 2.28. The standard InChI is InChI=1S/C14H17N3O2S/c1-2-10-6-8-11(9-7-10)17-12-4-3-5-13(14(12)15)20(16,18)19/h3-9,17H,2,15H2,1H3,(H2,16,18,19). The van der Waals surface area contributed by atoms with Crippen LogP contribution in [-0.4, -0.2) is 8.42 Å². The topological polar surface area (TPSA) is 98.2 Å². The first-order valence-corrected chi connectivity index (χ1v) is 7.73. The maximum absolute atomic E-state index is 11.4. The molecule has 0 unspecified atom stereocenters. The van der Waals surface area contributed by atoms with Crippen molar-refractivity contribution in [2.24, 2.45) is 5.14 Å². The summed E-state index contributed by atoms with van der Waals surface area (Å²) in [5, 5.41) is 8.21. The van der Waals surface area contributed by atoms with Gasteiger partial charge in [-0.2, -0.15) is 0 Å². The second-order valence-electron chi connectivity index (χ2n) is 4.44. The van der Waals surface area contributed by atoms with Crippen LogP contribution in [0.3, 0.4) is 0 Å². The Morgan fingerprint density at radius 1 is 1.10 bits per heavy atom. The maximum Gasteiger partial charge on any atom is 0.240 e. The van der Waals surface area contributed by atoms with Crippen molar-refractivity contribution >= 4 is 27.1 Å². The highest BCUT2D eigenvalue weighted by atomic mass is 32.2. The molecule has 0 atom stereocenters. The smallest absolute Gasteiger partial charge is 0.240 e. The van der Waals surface area contributed by atoms with Gasteiger partial charge >= 0.3 is 0 Å². The molecule has 0 bridgehead atoms. The largest absolute Gasteiger partial charge is 0.396 e. The zero-order chi connectivity index (χ0) is 14.8. The number of hydrogen-bond donors (Lipinski definition) is 3. The molecule has 0 heterocycles. The average Bonchev–Trinajstić information content (AvgIpc) is 2.40. The Morgan fingerprint density at radius 3 is 2.30 bits per heavy atom. The minimum Gasteiger partial charge on any atom is -0.396 e. The van der Waals surface area contributed by atoms with Gasteiger partial charge in [0.1, 0.15) is 4.90 Å². The van der Waals surface area contributed by atoms with E-state index in [9.17, 15) is 8.42 Å². The molecule has 0 fully saturated rings.